The maximum absolute atomic E-state index is 13.1. The molecule has 4 heterocycles. The van der Waals surface area contributed by atoms with Gasteiger partial charge in [-0.1, -0.05) is 35.5 Å². The first kappa shape index (κ1) is 18.9. The van der Waals surface area contributed by atoms with Crippen LogP contribution in [-0.2, 0) is 12.0 Å². The number of amides is 1. The molecule has 2 aliphatic heterocycles. The monoisotopic (exact) mass is 403 g/mol. The third-order valence-electron chi connectivity index (χ3n) is 6.39. The average Bonchev–Trinajstić information content (AvgIpc) is 3.39. The summed E-state index contributed by atoms with van der Waals surface area (Å²) in [4.78, 5) is 26.3. The minimum absolute atomic E-state index is 0.0164. The van der Waals surface area contributed by atoms with Crippen LogP contribution in [0, 0.1) is 12.8 Å². The number of benzene rings is 1. The molecule has 2 saturated heterocycles. The van der Waals surface area contributed by atoms with Crippen LogP contribution in [0.1, 0.15) is 34.1 Å². The molecule has 0 aliphatic carbocycles. The zero-order valence-corrected chi connectivity index (χ0v) is 17.1. The third-order valence-corrected chi connectivity index (χ3v) is 6.39. The second-order valence-electron chi connectivity index (χ2n) is 8.41. The van der Waals surface area contributed by atoms with Crippen molar-refractivity contribution in [2.24, 2.45) is 5.92 Å². The average molecular weight is 403 g/mol. The number of piperidine rings is 1. The van der Waals surface area contributed by atoms with Gasteiger partial charge in [0.2, 0.25) is 5.89 Å². The van der Waals surface area contributed by atoms with E-state index in [0.717, 1.165) is 26.1 Å². The lowest BCUT2D eigenvalue weighted by atomic mass is 9.73. The second-order valence-corrected chi connectivity index (χ2v) is 8.41. The number of aromatic nitrogens is 3. The molecular weight excluding hydrogens is 378 g/mol. The Morgan fingerprint density at radius 1 is 1.20 bits per heavy atom. The summed E-state index contributed by atoms with van der Waals surface area (Å²) in [7, 11) is 0. The first-order valence-corrected chi connectivity index (χ1v) is 10.4. The largest absolute Gasteiger partial charge is 0.339 e. The highest BCUT2D eigenvalue weighted by Gasteiger charge is 2.55. The Hall–Kier alpha value is -3.06. The van der Waals surface area contributed by atoms with E-state index < -0.39 is 0 Å². The van der Waals surface area contributed by atoms with Crippen LogP contribution in [0.25, 0.3) is 0 Å². The van der Waals surface area contributed by atoms with Gasteiger partial charge in [0.1, 0.15) is 0 Å². The van der Waals surface area contributed by atoms with Crippen molar-refractivity contribution < 1.29 is 9.32 Å². The Morgan fingerprint density at radius 3 is 2.80 bits per heavy atom. The molecule has 0 bridgehead atoms. The molecule has 0 saturated carbocycles. The maximum atomic E-state index is 13.1. The Labute approximate surface area is 175 Å². The zero-order chi connectivity index (χ0) is 20.6. The number of rotatable bonds is 4. The molecule has 2 aromatic heterocycles. The molecule has 0 N–H and O–H groups in total. The van der Waals surface area contributed by atoms with Crippen molar-refractivity contribution in [3.8, 4) is 0 Å². The number of nitrogens with zero attached hydrogens (tertiary/aromatic N) is 5. The van der Waals surface area contributed by atoms with Gasteiger partial charge in [0.25, 0.3) is 5.91 Å². The van der Waals surface area contributed by atoms with Crippen molar-refractivity contribution in [3.05, 3.63) is 77.7 Å². The van der Waals surface area contributed by atoms with Crippen LogP contribution in [0.15, 0.2) is 59.4 Å². The fourth-order valence-corrected chi connectivity index (χ4v) is 4.95. The standard InChI is InChI=1S/C23H25N5O2/c1-17-25-22(30-26-17)23-15-27(13-18-6-3-2-4-7-18)11-9-20(23)14-28(16-23)21(29)19-8-5-10-24-12-19/h2-8,10,12,20H,9,11,13-16H2,1H3/t20-,23-/m0/s1. The molecular formula is C23H25N5O2. The Balaban J connectivity index is 1.44. The van der Waals surface area contributed by atoms with Crippen LogP contribution in [0.4, 0.5) is 0 Å². The minimum Gasteiger partial charge on any atom is -0.339 e. The van der Waals surface area contributed by atoms with Gasteiger partial charge in [0, 0.05) is 38.6 Å². The normalized spacial score (nSPS) is 24.0. The lowest BCUT2D eigenvalue weighted by Crippen LogP contribution is -2.51. The summed E-state index contributed by atoms with van der Waals surface area (Å²) in [6.07, 6.45) is 4.31. The number of pyridine rings is 1. The molecule has 7 heteroatoms. The number of carbonyl (C=O) groups is 1. The van der Waals surface area contributed by atoms with E-state index in [1.54, 1.807) is 18.5 Å². The third kappa shape index (κ3) is 3.39. The fourth-order valence-electron chi connectivity index (χ4n) is 4.95. The van der Waals surface area contributed by atoms with Crippen molar-refractivity contribution in [2.45, 2.75) is 25.3 Å². The van der Waals surface area contributed by atoms with E-state index in [9.17, 15) is 4.79 Å². The Kier molecular flexibility index (Phi) is 4.83. The van der Waals surface area contributed by atoms with Gasteiger partial charge in [-0.25, -0.2) is 0 Å². The van der Waals surface area contributed by atoms with Gasteiger partial charge in [-0.2, -0.15) is 4.98 Å². The van der Waals surface area contributed by atoms with Crippen LogP contribution in [0.2, 0.25) is 0 Å². The first-order valence-electron chi connectivity index (χ1n) is 10.4. The van der Waals surface area contributed by atoms with E-state index >= 15 is 0 Å². The van der Waals surface area contributed by atoms with Gasteiger partial charge in [-0.15, -0.1) is 0 Å². The number of hydrogen-bond donors (Lipinski definition) is 0. The van der Waals surface area contributed by atoms with Gasteiger partial charge in [-0.05, 0) is 43.5 Å². The fraction of sp³-hybridized carbons (Fsp3) is 0.391. The highest BCUT2D eigenvalue weighted by molar-refractivity contribution is 5.94. The number of hydrogen-bond acceptors (Lipinski definition) is 6. The van der Waals surface area contributed by atoms with Crippen molar-refractivity contribution in [1.29, 1.82) is 0 Å². The van der Waals surface area contributed by atoms with Crippen LogP contribution < -0.4 is 0 Å². The van der Waals surface area contributed by atoms with Crippen molar-refractivity contribution in [1.82, 2.24) is 24.9 Å². The molecule has 5 rings (SSSR count). The zero-order valence-electron chi connectivity index (χ0n) is 17.1. The Bertz CT molecular complexity index is 1020. The van der Waals surface area contributed by atoms with E-state index in [1.807, 2.05) is 24.0 Å². The summed E-state index contributed by atoms with van der Waals surface area (Å²) in [6, 6.07) is 14.1. The summed E-state index contributed by atoms with van der Waals surface area (Å²) in [6.45, 7) is 5.79. The highest BCUT2D eigenvalue weighted by atomic mass is 16.5. The van der Waals surface area contributed by atoms with E-state index in [2.05, 4.69) is 44.3 Å². The van der Waals surface area contributed by atoms with Crippen LogP contribution in [0.3, 0.4) is 0 Å². The topological polar surface area (TPSA) is 75.4 Å². The quantitative estimate of drug-likeness (QED) is 0.667. The van der Waals surface area contributed by atoms with Gasteiger partial charge < -0.3 is 9.42 Å². The summed E-state index contributed by atoms with van der Waals surface area (Å²) in [5.74, 6) is 1.60. The molecule has 0 spiro atoms. The molecule has 1 aromatic carbocycles. The van der Waals surface area contributed by atoms with Crippen LogP contribution >= 0.6 is 0 Å². The van der Waals surface area contributed by atoms with Gasteiger partial charge in [0.05, 0.1) is 11.0 Å². The van der Waals surface area contributed by atoms with Gasteiger partial charge in [-0.3, -0.25) is 14.7 Å². The molecule has 30 heavy (non-hydrogen) atoms. The number of aryl methyl sites for hydroxylation is 1. The molecule has 1 amide bonds. The lowest BCUT2D eigenvalue weighted by molar-refractivity contribution is 0.0756. The van der Waals surface area contributed by atoms with Crippen LogP contribution in [0.5, 0.6) is 0 Å². The molecule has 2 atom stereocenters. The maximum Gasteiger partial charge on any atom is 0.255 e. The van der Waals surface area contributed by atoms with E-state index in [1.165, 1.54) is 5.56 Å². The predicted molar refractivity (Wildman–Crippen MR) is 111 cm³/mol. The van der Waals surface area contributed by atoms with E-state index in [4.69, 9.17) is 4.52 Å². The predicted octanol–water partition coefficient (Wildman–Crippen LogP) is 2.69. The molecule has 2 fully saturated rings. The van der Waals surface area contributed by atoms with Crippen molar-refractivity contribution in [3.63, 3.8) is 0 Å². The number of carbonyl (C=O) groups excluding carboxylic acids is 1. The summed E-state index contributed by atoms with van der Waals surface area (Å²) in [5, 5.41) is 4.07. The van der Waals surface area contributed by atoms with Gasteiger partial charge >= 0.3 is 0 Å². The molecule has 0 radical (unpaired) electrons. The lowest BCUT2D eigenvalue weighted by Gasteiger charge is -2.41. The van der Waals surface area contributed by atoms with Crippen molar-refractivity contribution in [2.75, 3.05) is 26.2 Å². The van der Waals surface area contributed by atoms with Crippen LogP contribution in [-0.4, -0.2) is 57.0 Å². The molecule has 154 valence electrons. The Morgan fingerprint density at radius 2 is 2.07 bits per heavy atom. The van der Waals surface area contributed by atoms with E-state index in [-0.39, 0.29) is 11.3 Å². The first-order chi connectivity index (χ1) is 14.6. The van der Waals surface area contributed by atoms with Crippen molar-refractivity contribution >= 4 is 5.91 Å². The van der Waals surface area contributed by atoms with E-state index in [0.29, 0.717) is 36.3 Å². The highest BCUT2D eigenvalue weighted by Crippen LogP contribution is 2.44. The summed E-state index contributed by atoms with van der Waals surface area (Å²) in [5.41, 5.74) is 1.56. The second kappa shape index (κ2) is 7.65. The van der Waals surface area contributed by atoms with Gasteiger partial charge in [0.15, 0.2) is 5.82 Å². The SMILES string of the molecule is Cc1noc([C@]23CN(Cc4ccccc4)CC[C@H]2CN(C(=O)c2cccnc2)C3)n1. The summed E-state index contributed by atoms with van der Waals surface area (Å²) >= 11 is 0. The minimum atomic E-state index is -0.341. The summed E-state index contributed by atoms with van der Waals surface area (Å²) < 4.78 is 5.70. The number of likely N-dealkylation sites (tertiary alicyclic amines) is 2. The molecule has 3 aromatic rings. The molecule has 7 nitrogen and oxygen atoms in total. The molecule has 2 aliphatic rings. The molecule has 0 unspecified atom stereocenters. The smallest absolute Gasteiger partial charge is 0.255 e. The number of fused-ring (bicyclic) bond motifs is 1.